The van der Waals surface area contributed by atoms with Gasteiger partial charge in [0.2, 0.25) is 11.8 Å². The van der Waals surface area contributed by atoms with Crippen LogP contribution in [0.2, 0.25) is 0 Å². The standard InChI is InChI=1S/C31H43N5O6S/c1-22(25-13-8-11-23-10-6-7-12-26(23)25)35-18-15-24(16-19-35)36(43-34-30(40)42-31(2,3)4)21-28(38)33-20-27(37)32-17-9-14-29(39)41-5/h6-14,22,24H,15-21H2,1-5H3,(H,32,37)(H,33,38)(H,34,40)/b14-9+. The van der Waals surface area contributed by atoms with Gasteiger partial charge in [-0.1, -0.05) is 48.5 Å². The number of nitrogens with one attached hydrogen (secondary N) is 3. The molecule has 1 heterocycles. The number of carbonyl (C=O) groups is 4. The second kappa shape index (κ2) is 16.3. The van der Waals surface area contributed by atoms with E-state index >= 15 is 0 Å². The van der Waals surface area contributed by atoms with Crippen LogP contribution in [0, 0.1) is 0 Å². The predicted octanol–water partition coefficient (Wildman–Crippen LogP) is 3.72. The summed E-state index contributed by atoms with van der Waals surface area (Å²) in [7, 11) is 1.27. The van der Waals surface area contributed by atoms with E-state index in [0.29, 0.717) is 0 Å². The van der Waals surface area contributed by atoms with E-state index in [-0.39, 0.29) is 37.6 Å². The molecule has 0 bridgehead atoms. The van der Waals surface area contributed by atoms with Gasteiger partial charge in [0.25, 0.3) is 0 Å². The van der Waals surface area contributed by atoms with Crippen molar-refractivity contribution >= 4 is 46.8 Å². The van der Waals surface area contributed by atoms with Crippen LogP contribution in [-0.4, -0.2) is 84.6 Å². The van der Waals surface area contributed by atoms with Crippen LogP contribution in [0.5, 0.6) is 0 Å². The van der Waals surface area contributed by atoms with Crippen LogP contribution < -0.4 is 15.4 Å². The SMILES string of the molecule is COC(=O)/C=C/CNC(=O)CNC(=O)CN(SNC(=O)OC(C)(C)C)C1CCN(C(C)c2cccc3ccccc23)CC1. The lowest BCUT2D eigenvalue weighted by atomic mass is 9.96. The van der Waals surface area contributed by atoms with Crippen molar-refractivity contribution in [2.45, 2.75) is 58.2 Å². The Hall–Kier alpha value is -3.61. The molecule has 1 aliphatic heterocycles. The van der Waals surface area contributed by atoms with Crippen molar-refractivity contribution in [1.29, 1.82) is 0 Å². The first-order valence-electron chi connectivity index (χ1n) is 14.4. The van der Waals surface area contributed by atoms with Crippen LogP contribution in [0.1, 0.15) is 52.1 Å². The Balaban J connectivity index is 1.58. The molecule has 11 nitrogen and oxygen atoms in total. The number of esters is 1. The van der Waals surface area contributed by atoms with E-state index < -0.39 is 23.6 Å². The molecule has 0 radical (unpaired) electrons. The van der Waals surface area contributed by atoms with Gasteiger partial charge in [0.1, 0.15) is 5.60 Å². The highest BCUT2D eigenvalue weighted by molar-refractivity contribution is 7.95. The lowest BCUT2D eigenvalue weighted by Crippen LogP contribution is -2.48. The average Bonchev–Trinajstić information content (AvgIpc) is 2.98. The molecule has 1 fully saturated rings. The minimum atomic E-state index is -0.657. The van der Waals surface area contributed by atoms with Gasteiger partial charge >= 0.3 is 12.1 Å². The first-order chi connectivity index (χ1) is 20.5. The summed E-state index contributed by atoms with van der Waals surface area (Å²) in [5.74, 6) is -1.27. The van der Waals surface area contributed by atoms with E-state index in [1.54, 1.807) is 20.8 Å². The molecule has 2 aromatic carbocycles. The maximum Gasteiger partial charge on any atom is 0.418 e. The second-order valence-electron chi connectivity index (χ2n) is 11.3. The third-order valence-electron chi connectivity index (χ3n) is 6.99. The Morgan fingerprint density at radius 3 is 2.44 bits per heavy atom. The summed E-state index contributed by atoms with van der Waals surface area (Å²) in [6.07, 6.45) is 3.65. The summed E-state index contributed by atoms with van der Waals surface area (Å²) in [5, 5.41) is 7.68. The van der Waals surface area contributed by atoms with Gasteiger partial charge in [-0.2, -0.15) is 0 Å². The Bertz CT molecular complexity index is 1280. The Kier molecular flexibility index (Phi) is 12.8. The number of ether oxygens (including phenoxy) is 2. The number of nitrogens with zero attached hydrogens (tertiary/aromatic N) is 2. The number of piperidine rings is 1. The molecule has 1 atom stereocenters. The van der Waals surface area contributed by atoms with Gasteiger partial charge in [0, 0.05) is 49.9 Å². The highest BCUT2D eigenvalue weighted by Gasteiger charge is 2.30. The summed E-state index contributed by atoms with van der Waals surface area (Å²) in [6.45, 7) is 9.10. The molecule has 3 amide bonds. The molecule has 0 spiro atoms. The molecule has 1 saturated heterocycles. The van der Waals surface area contributed by atoms with Crippen LogP contribution in [0.15, 0.2) is 54.6 Å². The van der Waals surface area contributed by atoms with E-state index in [0.717, 1.165) is 38.1 Å². The smallest absolute Gasteiger partial charge is 0.418 e. The van der Waals surface area contributed by atoms with Crippen LogP contribution in [0.25, 0.3) is 10.8 Å². The van der Waals surface area contributed by atoms with Crippen LogP contribution in [-0.2, 0) is 23.9 Å². The highest BCUT2D eigenvalue weighted by atomic mass is 32.2. The third-order valence-corrected chi connectivity index (χ3v) is 7.91. The molecule has 0 aliphatic carbocycles. The highest BCUT2D eigenvalue weighted by Crippen LogP contribution is 2.31. The van der Waals surface area contributed by atoms with E-state index in [1.165, 1.54) is 35.6 Å². The van der Waals surface area contributed by atoms with E-state index in [2.05, 4.69) is 68.3 Å². The molecule has 12 heteroatoms. The number of hydrogen-bond acceptors (Lipinski definition) is 9. The number of carbonyl (C=O) groups excluding carboxylic acids is 4. The Morgan fingerprint density at radius 2 is 1.74 bits per heavy atom. The van der Waals surface area contributed by atoms with Crippen molar-refractivity contribution in [3.8, 4) is 0 Å². The maximum atomic E-state index is 12.8. The molecule has 0 aromatic heterocycles. The lowest BCUT2D eigenvalue weighted by Gasteiger charge is -2.40. The average molecular weight is 614 g/mol. The first-order valence-corrected chi connectivity index (χ1v) is 15.2. The fourth-order valence-electron chi connectivity index (χ4n) is 4.84. The molecular weight excluding hydrogens is 570 g/mol. The quantitative estimate of drug-likeness (QED) is 0.186. The van der Waals surface area contributed by atoms with E-state index in [1.807, 2.05) is 10.4 Å². The Labute approximate surface area is 258 Å². The number of rotatable bonds is 12. The second-order valence-corrected chi connectivity index (χ2v) is 12.1. The number of hydrogen-bond donors (Lipinski definition) is 3. The van der Waals surface area contributed by atoms with Crippen molar-refractivity contribution < 1.29 is 28.7 Å². The number of likely N-dealkylation sites (tertiary alicyclic amines) is 1. The first kappa shape index (κ1) is 33.9. The number of methoxy groups -OCH3 is 1. The lowest BCUT2D eigenvalue weighted by molar-refractivity contribution is -0.134. The zero-order valence-corrected chi connectivity index (χ0v) is 26.4. The van der Waals surface area contributed by atoms with Crippen LogP contribution in [0.3, 0.4) is 0 Å². The van der Waals surface area contributed by atoms with Crippen molar-refractivity contribution in [2.75, 3.05) is 39.8 Å². The molecular formula is C31H43N5O6S. The number of benzene rings is 2. The van der Waals surface area contributed by atoms with Crippen molar-refractivity contribution in [3.05, 3.63) is 60.2 Å². The summed E-state index contributed by atoms with van der Waals surface area (Å²) < 4.78 is 14.4. The van der Waals surface area contributed by atoms with Gasteiger partial charge in [-0.15, -0.1) is 0 Å². The van der Waals surface area contributed by atoms with Crippen molar-refractivity contribution in [3.63, 3.8) is 0 Å². The molecule has 0 saturated carbocycles. The summed E-state index contributed by atoms with van der Waals surface area (Å²) in [6, 6.07) is 15.0. The Morgan fingerprint density at radius 1 is 1.05 bits per heavy atom. The molecule has 3 N–H and O–H groups in total. The molecule has 43 heavy (non-hydrogen) atoms. The molecule has 3 rings (SSSR count). The zero-order chi connectivity index (χ0) is 31.4. The number of fused-ring (bicyclic) bond motifs is 1. The number of amides is 3. The van der Waals surface area contributed by atoms with E-state index in [4.69, 9.17) is 4.74 Å². The van der Waals surface area contributed by atoms with Gasteiger partial charge in [-0.25, -0.2) is 13.9 Å². The predicted molar refractivity (Wildman–Crippen MR) is 168 cm³/mol. The molecule has 234 valence electrons. The zero-order valence-electron chi connectivity index (χ0n) is 25.6. The monoisotopic (exact) mass is 613 g/mol. The van der Waals surface area contributed by atoms with Gasteiger partial charge in [-0.3, -0.25) is 19.2 Å². The minimum Gasteiger partial charge on any atom is -0.466 e. The summed E-state index contributed by atoms with van der Waals surface area (Å²) in [4.78, 5) is 50.9. The maximum absolute atomic E-state index is 12.8. The van der Waals surface area contributed by atoms with Gasteiger partial charge in [0.05, 0.1) is 20.2 Å². The largest absolute Gasteiger partial charge is 0.466 e. The fraction of sp³-hybridized carbons (Fsp3) is 0.484. The molecule has 1 aliphatic rings. The molecule has 2 aromatic rings. The fourth-order valence-corrected chi connectivity index (χ4v) is 5.61. The normalized spacial score (nSPS) is 15.3. The van der Waals surface area contributed by atoms with Gasteiger partial charge < -0.3 is 20.1 Å². The third kappa shape index (κ3) is 11.2. The van der Waals surface area contributed by atoms with Crippen molar-refractivity contribution in [2.24, 2.45) is 0 Å². The molecule has 1 unspecified atom stereocenters. The van der Waals surface area contributed by atoms with Gasteiger partial charge in [0.15, 0.2) is 0 Å². The summed E-state index contributed by atoms with van der Waals surface area (Å²) >= 11 is 1.04. The van der Waals surface area contributed by atoms with Crippen molar-refractivity contribution in [1.82, 2.24) is 24.6 Å². The van der Waals surface area contributed by atoms with Crippen LogP contribution >= 0.6 is 12.1 Å². The van der Waals surface area contributed by atoms with Crippen LogP contribution in [0.4, 0.5) is 4.79 Å². The van der Waals surface area contributed by atoms with E-state index in [9.17, 15) is 19.2 Å². The van der Waals surface area contributed by atoms with Gasteiger partial charge in [-0.05, 0) is 56.9 Å². The minimum absolute atomic E-state index is 0.0129. The topological polar surface area (TPSA) is 129 Å². The summed E-state index contributed by atoms with van der Waals surface area (Å²) in [5.41, 5.74) is 0.628.